The van der Waals surface area contributed by atoms with Crippen molar-refractivity contribution < 1.29 is 23.4 Å². The van der Waals surface area contributed by atoms with Crippen LogP contribution in [0, 0.1) is 6.92 Å². The normalized spacial score (nSPS) is 13.4. The van der Waals surface area contributed by atoms with E-state index in [-0.39, 0.29) is 5.03 Å². The maximum absolute atomic E-state index is 11.9. The second-order valence-electron chi connectivity index (χ2n) is 4.01. The zero-order chi connectivity index (χ0) is 14.6. The fourth-order valence-electron chi connectivity index (χ4n) is 1.49. The monoisotopic (exact) mass is 291 g/mol. The highest BCUT2D eigenvalue weighted by Crippen LogP contribution is 2.10. The lowest BCUT2D eigenvalue weighted by atomic mass is 10.3. The first-order chi connectivity index (χ1) is 8.81. The van der Waals surface area contributed by atoms with E-state index in [1.54, 1.807) is 11.5 Å². The van der Waals surface area contributed by atoms with Crippen LogP contribution in [-0.4, -0.2) is 46.8 Å². The third-order valence-electron chi connectivity index (χ3n) is 2.47. The number of nitrogens with zero attached hydrogens (tertiary/aromatic N) is 2. The van der Waals surface area contributed by atoms with Crippen LogP contribution in [0.3, 0.4) is 0 Å². The summed E-state index contributed by atoms with van der Waals surface area (Å²) >= 11 is 0. The van der Waals surface area contributed by atoms with Gasteiger partial charge in [0.1, 0.15) is 11.9 Å². The van der Waals surface area contributed by atoms with Crippen LogP contribution in [0.2, 0.25) is 0 Å². The second-order valence-corrected chi connectivity index (χ2v) is 5.68. The smallest absolute Gasteiger partial charge is 0.324 e. The van der Waals surface area contributed by atoms with Crippen molar-refractivity contribution in [2.45, 2.75) is 37.9 Å². The van der Waals surface area contributed by atoms with Crippen LogP contribution >= 0.6 is 0 Å². The fourth-order valence-corrected chi connectivity index (χ4v) is 2.68. The van der Waals surface area contributed by atoms with Crippen molar-refractivity contribution in [2.75, 3.05) is 6.61 Å². The third kappa shape index (κ3) is 3.75. The minimum atomic E-state index is -4.06. The molecule has 1 atom stereocenters. The van der Waals surface area contributed by atoms with Crippen LogP contribution in [0.1, 0.15) is 19.2 Å². The summed E-state index contributed by atoms with van der Waals surface area (Å²) in [5.74, 6) is -0.922. The molecule has 3 N–H and O–H groups in total. The molecule has 9 heteroatoms. The van der Waals surface area contributed by atoms with E-state index in [1.165, 1.54) is 6.20 Å². The molecule has 0 aliphatic carbocycles. The van der Waals surface area contributed by atoms with E-state index in [9.17, 15) is 13.2 Å². The van der Waals surface area contributed by atoms with Gasteiger partial charge in [0.15, 0.2) is 5.03 Å². The molecule has 0 unspecified atom stereocenters. The molecule has 8 nitrogen and oxygen atoms in total. The lowest BCUT2D eigenvalue weighted by Gasteiger charge is -2.10. The molecule has 1 heterocycles. The lowest BCUT2D eigenvalue weighted by Crippen LogP contribution is -2.43. The maximum atomic E-state index is 11.9. The van der Waals surface area contributed by atoms with Gasteiger partial charge in [0.25, 0.3) is 10.0 Å². The molecule has 1 aromatic heterocycles. The van der Waals surface area contributed by atoms with Gasteiger partial charge >= 0.3 is 5.97 Å². The van der Waals surface area contributed by atoms with E-state index in [0.717, 1.165) is 6.42 Å². The van der Waals surface area contributed by atoms with Gasteiger partial charge in [-0.15, -0.1) is 0 Å². The standard InChI is InChI=1S/C10H17N3O5S/c1-3-4-13-5-9(11-7(13)2)19(17,18)12-8(6-14)10(15)16/h5,8,12,14H,3-4,6H2,1-2H3,(H,15,16)/t8-/m1/s1. The molecule has 0 amide bonds. The van der Waals surface area contributed by atoms with Crippen LogP contribution in [0.4, 0.5) is 0 Å². The third-order valence-corrected chi connectivity index (χ3v) is 3.81. The highest BCUT2D eigenvalue weighted by Gasteiger charge is 2.26. The van der Waals surface area contributed by atoms with Crippen molar-refractivity contribution in [1.29, 1.82) is 0 Å². The number of rotatable bonds is 7. The molecular weight excluding hydrogens is 274 g/mol. The number of aliphatic carboxylic acids is 1. The lowest BCUT2D eigenvalue weighted by molar-refractivity contribution is -0.139. The number of aryl methyl sites for hydroxylation is 2. The number of hydrogen-bond donors (Lipinski definition) is 3. The van der Waals surface area contributed by atoms with E-state index in [4.69, 9.17) is 10.2 Å². The summed E-state index contributed by atoms with van der Waals surface area (Å²) in [4.78, 5) is 14.6. The summed E-state index contributed by atoms with van der Waals surface area (Å²) in [6.07, 6.45) is 2.16. The molecule has 0 radical (unpaired) electrons. The number of carbonyl (C=O) groups is 1. The molecule has 19 heavy (non-hydrogen) atoms. The number of aliphatic hydroxyl groups excluding tert-OH is 1. The van der Waals surface area contributed by atoms with Crippen molar-refractivity contribution >= 4 is 16.0 Å². The predicted molar refractivity (Wildman–Crippen MR) is 66.1 cm³/mol. The molecular formula is C10H17N3O5S. The number of sulfonamides is 1. The number of nitrogens with one attached hydrogen (secondary N) is 1. The number of aromatic nitrogens is 2. The zero-order valence-corrected chi connectivity index (χ0v) is 11.5. The minimum absolute atomic E-state index is 0.252. The van der Waals surface area contributed by atoms with E-state index < -0.39 is 28.6 Å². The largest absolute Gasteiger partial charge is 0.480 e. The van der Waals surface area contributed by atoms with Gasteiger partial charge in [-0.05, 0) is 13.3 Å². The van der Waals surface area contributed by atoms with Crippen LogP contribution in [0.15, 0.2) is 11.2 Å². The SMILES string of the molecule is CCCn1cc(S(=O)(=O)N[C@H](CO)C(=O)O)nc1C. The topological polar surface area (TPSA) is 122 Å². The minimum Gasteiger partial charge on any atom is -0.480 e. The van der Waals surface area contributed by atoms with Crippen molar-refractivity contribution in [3.05, 3.63) is 12.0 Å². The van der Waals surface area contributed by atoms with Crippen molar-refractivity contribution in [1.82, 2.24) is 14.3 Å². The molecule has 0 aliphatic heterocycles. The predicted octanol–water partition coefficient (Wildman–Crippen LogP) is -0.675. The first kappa shape index (κ1) is 15.6. The Bertz CT molecular complexity index is 552. The highest BCUT2D eigenvalue weighted by molar-refractivity contribution is 7.89. The fraction of sp³-hybridized carbons (Fsp3) is 0.600. The molecule has 0 spiro atoms. The quantitative estimate of drug-likeness (QED) is 0.612. The van der Waals surface area contributed by atoms with E-state index in [1.807, 2.05) is 11.6 Å². The van der Waals surface area contributed by atoms with Gasteiger partial charge in [-0.3, -0.25) is 4.79 Å². The van der Waals surface area contributed by atoms with Gasteiger partial charge in [0.2, 0.25) is 0 Å². The van der Waals surface area contributed by atoms with E-state index in [0.29, 0.717) is 12.4 Å². The molecule has 0 saturated heterocycles. The first-order valence-electron chi connectivity index (χ1n) is 5.71. The number of carboxylic acid groups (broad SMARTS) is 1. The maximum Gasteiger partial charge on any atom is 0.324 e. The molecule has 1 rings (SSSR count). The average molecular weight is 291 g/mol. The van der Waals surface area contributed by atoms with Crippen LogP contribution in [0.25, 0.3) is 0 Å². The number of aliphatic hydroxyl groups is 1. The number of carboxylic acids is 1. The summed E-state index contributed by atoms with van der Waals surface area (Å²) in [6, 6.07) is -1.58. The Hall–Kier alpha value is -1.45. The average Bonchev–Trinajstić information content (AvgIpc) is 2.69. The molecule has 108 valence electrons. The summed E-state index contributed by atoms with van der Waals surface area (Å²) in [6.45, 7) is 3.40. The van der Waals surface area contributed by atoms with Gasteiger partial charge < -0.3 is 14.8 Å². The first-order valence-corrected chi connectivity index (χ1v) is 7.20. The number of imidazole rings is 1. The van der Waals surface area contributed by atoms with E-state index >= 15 is 0 Å². The molecule has 0 aliphatic rings. The van der Waals surface area contributed by atoms with Gasteiger partial charge in [-0.1, -0.05) is 6.92 Å². The van der Waals surface area contributed by atoms with Crippen LogP contribution in [0.5, 0.6) is 0 Å². The summed E-state index contributed by atoms with van der Waals surface area (Å²) in [5, 5.41) is 17.3. The Morgan fingerprint density at radius 2 is 2.21 bits per heavy atom. The zero-order valence-electron chi connectivity index (χ0n) is 10.7. The Morgan fingerprint density at radius 1 is 1.58 bits per heavy atom. The summed E-state index contributed by atoms with van der Waals surface area (Å²) in [7, 11) is -4.06. The van der Waals surface area contributed by atoms with Gasteiger partial charge in [0, 0.05) is 12.7 Å². The van der Waals surface area contributed by atoms with E-state index in [2.05, 4.69) is 4.98 Å². The van der Waals surface area contributed by atoms with Crippen molar-refractivity contribution in [2.24, 2.45) is 0 Å². The Morgan fingerprint density at radius 3 is 2.68 bits per heavy atom. The van der Waals surface area contributed by atoms with Crippen molar-refractivity contribution in [3.8, 4) is 0 Å². The van der Waals surface area contributed by atoms with Crippen LogP contribution in [-0.2, 0) is 21.4 Å². The molecule has 0 aromatic carbocycles. The molecule has 1 aromatic rings. The summed E-state index contributed by atoms with van der Waals surface area (Å²) in [5.41, 5.74) is 0. The molecule has 0 saturated carbocycles. The molecule has 0 fully saturated rings. The van der Waals surface area contributed by atoms with Gasteiger partial charge in [-0.2, -0.15) is 4.72 Å². The second kappa shape index (κ2) is 6.13. The molecule has 0 bridgehead atoms. The Kier molecular flexibility index (Phi) is 5.04. The van der Waals surface area contributed by atoms with Gasteiger partial charge in [-0.25, -0.2) is 13.4 Å². The highest BCUT2D eigenvalue weighted by atomic mass is 32.2. The van der Waals surface area contributed by atoms with Gasteiger partial charge in [0.05, 0.1) is 6.61 Å². The van der Waals surface area contributed by atoms with Crippen LogP contribution < -0.4 is 4.72 Å². The number of hydrogen-bond acceptors (Lipinski definition) is 5. The summed E-state index contributed by atoms with van der Waals surface area (Å²) < 4.78 is 27.4. The Labute approximate surface area is 111 Å². The Balaban J connectivity index is 3.00. The van der Waals surface area contributed by atoms with Crippen molar-refractivity contribution in [3.63, 3.8) is 0 Å².